The normalized spacial score (nSPS) is 10.3. The SMILES string of the molecule is C=C(OC)c1cc(C(C)C)c[nH]1. The molecule has 0 radical (unpaired) electrons. The Balaban J connectivity index is 2.84. The third-order valence-corrected chi connectivity index (χ3v) is 1.92. The molecule has 2 heteroatoms. The maximum atomic E-state index is 5.00. The van der Waals surface area contributed by atoms with Gasteiger partial charge in [-0.3, -0.25) is 0 Å². The molecule has 0 unspecified atom stereocenters. The topological polar surface area (TPSA) is 25.0 Å². The number of aromatic amines is 1. The molecule has 1 aromatic rings. The van der Waals surface area contributed by atoms with E-state index in [1.165, 1.54) is 5.56 Å². The third kappa shape index (κ3) is 1.70. The van der Waals surface area contributed by atoms with E-state index in [1.807, 2.05) is 6.20 Å². The first kappa shape index (κ1) is 8.91. The van der Waals surface area contributed by atoms with E-state index in [9.17, 15) is 0 Å². The minimum absolute atomic E-state index is 0.541. The van der Waals surface area contributed by atoms with Crippen molar-refractivity contribution in [3.8, 4) is 0 Å². The maximum Gasteiger partial charge on any atom is 0.135 e. The Morgan fingerprint density at radius 2 is 2.25 bits per heavy atom. The fraction of sp³-hybridized carbons (Fsp3) is 0.400. The van der Waals surface area contributed by atoms with Crippen LogP contribution in [0.15, 0.2) is 18.8 Å². The molecular formula is C10H15NO. The van der Waals surface area contributed by atoms with Crippen LogP contribution >= 0.6 is 0 Å². The second kappa shape index (κ2) is 3.48. The summed E-state index contributed by atoms with van der Waals surface area (Å²) in [5, 5.41) is 0. The molecule has 1 aromatic heterocycles. The molecule has 0 spiro atoms. The average Bonchev–Trinajstić information content (AvgIpc) is 2.51. The first-order valence-corrected chi connectivity index (χ1v) is 4.06. The van der Waals surface area contributed by atoms with Crippen LogP contribution in [0.4, 0.5) is 0 Å². The number of rotatable bonds is 3. The summed E-state index contributed by atoms with van der Waals surface area (Å²) < 4.78 is 5.00. The first-order valence-electron chi connectivity index (χ1n) is 4.06. The molecule has 12 heavy (non-hydrogen) atoms. The molecule has 0 amide bonds. The lowest BCUT2D eigenvalue weighted by Crippen LogP contribution is -1.84. The fourth-order valence-electron chi connectivity index (χ4n) is 1.02. The summed E-state index contributed by atoms with van der Waals surface area (Å²) in [6, 6.07) is 2.07. The molecule has 0 aliphatic rings. The van der Waals surface area contributed by atoms with Gasteiger partial charge in [-0.15, -0.1) is 0 Å². The molecule has 66 valence electrons. The van der Waals surface area contributed by atoms with E-state index in [0.717, 1.165) is 5.69 Å². The average molecular weight is 165 g/mol. The monoisotopic (exact) mass is 165 g/mol. The summed E-state index contributed by atoms with van der Waals surface area (Å²) in [7, 11) is 1.62. The Hall–Kier alpha value is -1.18. The summed E-state index contributed by atoms with van der Waals surface area (Å²) in [6.45, 7) is 8.07. The van der Waals surface area contributed by atoms with E-state index in [-0.39, 0.29) is 0 Å². The van der Waals surface area contributed by atoms with Crippen molar-refractivity contribution in [3.63, 3.8) is 0 Å². The Morgan fingerprint density at radius 1 is 1.58 bits per heavy atom. The summed E-state index contributed by atoms with van der Waals surface area (Å²) in [4.78, 5) is 3.11. The van der Waals surface area contributed by atoms with Crippen molar-refractivity contribution < 1.29 is 4.74 Å². The molecule has 0 aliphatic heterocycles. The molecule has 1 heterocycles. The Labute approximate surface area is 73.3 Å². The van der Waals surface area contributed by atoms with E-state index < -0.39 is 0 Å². The molecule has 0 saturated carbocycles. The number of nitrogens with one attached hydrogen (secondary N) is 1. The number of methoxy groups -OCH3 is 1. The Bertz CT molecular complexity index is 273. The smallest absolute Gasteiger partial charge is 0.135 e. The number of hydrogen-bond acceptors (Lipinski definition) is 1. The van der Waals surface area contributed by atoms with Gasteiger partial charge in [-0.2, -0.15) is 0 Å². The zero-order valence-electron chi connectivity index (χ0n) is 7.85. The van der Waals surface area contributed by atoms with Gasteiger partial charge >= 0.3 is 0 Å². The molecule has 0 aromatic carbocycles. The van der Waals surface area contributed by atoms with E-state index in [0.29, 0.717) is 11.7 Å². The van der Waals surface area contributed by atoms with Gasteiger partial charge < -0.3 is 9.72 Å². The van der Waals surface area contributed by atoms with Crippen molar-refractivity contribution in [1.29, 1.82) is 0 Å². The van der Waals surface area contributed by atoms with Crippen LogP contribution < -0.4 is 0 Å². The van der Waals surface area contributed by atoms with Gasteiger partial charge in [0.05, 0.1) is 12.8 Å². The van der Waals surface area contributed by atoms with Gasteiger partial charge in [0.1, 0.15) is 5.76 Å². The summed E-state index contributed by atoms with van der Waals surface area (Å²) >= 11 is 0. The third-order valence-electron chi connectivity index (χ3n) is 1.92. The molecule has 2 nitrogen and oxygen atoms in total. The lowest BCUT2D eigenvalue weighted by Gasteiger charge is -2.00. The van der Waals surface area contributed by atoms with Crippen molar-refractivity contribution in [2.75, 3.05) is 7.11 Å². The molecule has 0 fully saturated rings. The van der Waals surface area contributed by atoms with Crippen LogP contribution in [0, 0.1) is 0 Å². The van der Waals surface area contributed by atoms with E-state index in [1.54, 1.807) is 7.11 Å². The van der Waals surface area contributed by atoms with Crippen LogP contribution in [0.25, 0.3) is 5.76 Å². The minimum Gasteiger partial charge on any atom is -0.495 e. The Morgan fingerprint density at radius 3 is 2.67 bits per heavy atom. The van der Waals surface area contributed by atoms with Crippen molar-refractivity contribution >= 4 is 5.76 Å². The Kier molecular flexibility index (Phi) is 2.58. The highest BCUT2D eigenvalue weighted by atomic mass is 16.5. The number of hydrogen-bond donors (Lipinski definition) is 1. The molecule has 1 rings (SSSR count). The second-order valence-corrected chi connectivity index (χ2v) is 3.13. The van der Waals surface area contributed by atoms with Gasteiger partial charge in [0.15, 0.2) is 0 Å². The predicted molar refractivity (Wildman–Crippen MR) is 50.9 cm³/mol. The number of ether oxygens (including phenoxy) is 1. The van der Waals surface area contributed by atoms with Gasteiger partial charge in [0, 0.05) is 6.20 Å². The zero-order valence-corrected chi connectivity index (χ0v) is 7.85. The minimum atomic E-state index is 0.541. The van der Waals surface area contributed by atoms with Gasteiger partial charge in [0.25, 0.3) is 0 Å². The van der Waals surface area contributed by atoms with Gasteiger partial charge in [0.2, 0.25) is 0 Å². The van der Waals surface area contributed by atoms with Crippen LogP contribution in [0.5, 0.6) is 0 Å². The second-order valence-electron chi connectivity index (χ2n) is 3.13. The lowest BCUT2D eigenvalue weighted by molar-refractivity contribution is 0.370. The maximum absolute atomic E-state index is 5.00. The fourth-order valence-corrected chi connectivity index (χ4v) is 1.02. The van der Waals surface area contributed by atoms with Crippen LogP contribution in [0.3, 0.4) is 0 Å². The summed E-state index contributed by atoms with van der Waals surface area (Å²) in [5.41, 5.74) is 2.24. The van der Waals surface area contributed by atoms with Crippen LogP contribution in [0.1, 0.15) is 31.0 Å². The van der Waals surface area contributed by atoms with Gasteiger partial charge in [-0.25, -0.2) is 0 Å². The highest BCUT2D eigenvalue weighted by Crippen LogP contribution is 2.19. The van der Waals surface area contributed by atoms with Crippen LogP contribution in [-0.2, 0) is 4.74 Å². The predicted octanol–water partition coefficient (Wildman–Crippen LogP) is 2.76. The zero-order chi connectivity index (χ0) is 9.14. The number of aromatic nitrogens is 1. The first-order chi connectivity index (χ1) is 5.65. The van der Waals surface area contributed by atoms with E-state index in [4.69, 9.17) is 4.74 Å². The van der Waals surface area contributed by atoms with Gasteiger partial charge in [-0.05, 0) is 17.5 Å². The summed E-state index contributed by atoms with van der Waals surface area (Å²) in [6.07, 6.45) is 1.99. The molecule has 1 N–H and O–H groups in total. The molecule has 0 saturated heterocycles. The highest BCUT2D eigenvalue weighted by Gasteiger charge is 2.04. The molecule has 0 bridgehead atoms. The quantitative estimate of drug-likeness (QED) is 0.684. The number of H-pyrrole nitrogens is 1. The van der Waals surface area contributed by atoms with Crippen molar-refractivity contribution in [2.45, 2.75) is 19.8 Å². The van der Waals surface area contributed by atoms with Crippen LogP contribution in [0.2, 0.25) is 0 Å². The molecule has 0 aliphatic carbocycles. The van der Waals surface area contributed by atoms with Crippen molar-refractivity contribution in [3.05, 3.63) is 30.1 Å². The van der Waals surface area contributed by atoms with Crippen molar-refractivity contribution in [1.82, 2.24) is 4.98 Å². The standard InChI is InChI=1S/C10H15NO/c1-7(2)9-5-10(11-6-9)8(3)12-4/h5-7,11H,3H2,1-2,4H3. The highest BCUT2D eigenvalue weighted by molar-refractivity contribution is 5.54. The largest absolute Gasteiger partial charge is 0.495 e. The van der Waals surface area contributed by atoms with Gasteiger partial charge in [-0.1, -0.05) is 20.4 Å². The van der Waals surface area contributed by atoms with E-state index in [2.05, 4.69) is 31.5 Å². The molecule has 0 atom stereocenters. The lowest BCUT2D eigenvalue weighted by atomic mass is 10.1. The van der Waals surface area contributed by atoms with E-state index >= 15 is 0 Å². The molecular weight excluding hydrogens is 150 g/mol. The van der Waals surface area contributed by atoms with Crippen molar-refractivity contribution in [2.24, 2.45) is 0 Å². The van der Waals surface area contributed by atoms with Crippen LogP contribution in [-0.4, -0.2) is 12.1 Å². The summed E-state index contributed by atoms with van der Waals surface area (Å²) in [5.74, 6) is 1.22.